The smallest absolute Gasteiger partial charge is 0.229 e. The molecule has 5 heteroatoms. The number of hydrogen-bond donors (Lipinski definition) is 2. The zero-order chi connectivity index (χ0) is 11.5. The minimum atomic E-state index is -0.308. The van der Waals surface area contributed by atoms with Gasteiger partial charge in [-0.2, -0.15) is 11.8 Å². The number of thiocarbonyl (C=S) groups is 1. The van der Waals surface area contributed by atoms with E-state index in [4.69, 9.17) is 18.0 Å². The first kappa shape index (κ1) is 12.8. The first-order chi connectivity index (χ1) is 7.04. The van der Waals surface area contributed by atoms with Crippen molar-refractivity contribution in [2.75, 3.05) is 12.8 Å². The third-order valence-corrected chi connectivity index (χ3v) is 4.60. The van der Waals surface area contributed by atoms with Crippen LogP contribution < -0.4 is 11.1 Å². The van der Waals surface area contributed by atoms with Gasteiger partial charge in [0.05, 0.1) is 10.9 Å². The highest BCUT2D eigenvalue weighted by molar-refractivity contribution is 8.00. The molecule has 0 bridgehead atoms. The molecule has 0 aromatic rings. The minimum Gasteiger partial charge on any atom is -0.393 e. The molecule has 1 rings (SSSR count). The zero-order valence-electron chi connectivity index (χ0n) is 9.21. The maximum atomic E-state index is 11.7. The van der Waals surface area contributed by atoms with Gasteiger partial charge in [0.2, 0.25) is 5.91 Å². The van der Waals surface area contributed by atoms with Crippen molar-refractivity contribution in [2.24, 2.45) is 11.7 Å². The Bertz CT molecular complexity index is 264. The van der Waals surface area contributed by atoms with Crippen molar-refractivity contribution in [1.82, 2.24) is 5.32 Å². The van der Waals surface area contributed by atoms with Crippen LogP contribution in [-0.4, -0.2) is 28.4 Å². The van der Waals surface area contributed by atoms with Crippen molar-refractivity contribution in [2.45, 2.75) is 30.9 Å². The third-order valence-electron chi connectivity index (χ3n) is 2.89. The lowest BCUT2D eigenvalue weighted by molar-refractivity contribution is -0.123. The maximum absolute atomic E-state index is 11.7. The number of carbonyl (C=O) groups is 1. The van der Waals surface area contributed by atoms with Crippen LogP contribution in [0.5, 0.6) is 0 Å². The summed E-state index contributed by atoms with van der Waals surface area (Å²) in [5.74, 6) is -0.331. The SMILES string of the molecule is CCC(C(=O)NCC1(SC)CC1)C(N)=S. The fraction of sp³-hybridized carbons (Fsp3) is 0.800. The molecule has 1 saturated carbocycles. The van der Waals surface area contributed by atoms with Gasteiger partial charge in [0, 0.05) is 11.3 Å². The summed E-state index contributed by atoms with van der Waals surface area (Å²) < 4.78 is 0.296. The van der Waals surface area contributed by atoms with Gasteiger partial charge in [0.25, 0.3) is 0 Å². The Morgan fingerprint density at radius 2 is 2.27 bits per heavy atom. The van der Waals surface area contributed by atoms with E-state index in [9.17, 15) is 4.79 Å². The maximum Gasteiger partial charge on any atom is 0.229 e. The summed E-state index contributed by atoms with van der Waals surface area (Å²) in [5.41, 5.74) is 5.50. The van der Waals surface area contributed by atoms with E-state index >= 15 is 0 Å². The molecule has 1 atom stereocenters. The molecule has 0 radical (unpaired) electrons. The van der Waals surface area contributed by atoms with E-state index in [1.807, 2.05) is 18.7 Å². The summed E-state index contributed by atoms with van der Waals surface area (Å²) in [7, 11) is 0. The molecule has 3 nitrogen and oxygen atoms in total. The number of hydrogen-bond acceptors (Lipinski definition) is 3. The van der Waals surface area contributed by atoms with Crippen LogP contribution in [0, 0.1) is 5.92 Å². The van der Waals surface area contributed by atoms with Gasteiger partial charge in [-0.25, -0.2) is 0 Å². The molecule has 0 heterocycles. The van der Waals surface area contributed by atoms with Crippen LogP contribution in [-0.2, 0) is 4.79 Å². The first-order valence-corrected chi connectivity index (χ1v) is 6.80. The standard InChI is InChI=1S/C10H18N2OS2/c1-3-7(8(11)14)9(13)12-6-10(15-2)4-5-10/h7H,3-6H2,1-2H3,(H2,11,14)(H,12,13). The highest BCUT2D eigenvalue weighted by atomic mass is 32.2. The normalized spacial score (nSPS) is 19.3. The Hall–Kier alpha value is -0.290. The molecule has 86 valence electrons. The molecule has 1 aliphatic rings. The minimum absolute atomic E-state index is 0.0228. The van der Waals surface area contributed by atoms with Gasteiger partial charge in [0.15, 0.2) is 0 Å². The van der Waals surface area contributed by atoms with E-state index in [-0.39, 0.29) is 11.8 Å². The molecule has 3 N–H and O–H groups in total. The highest BCUT2D eigenvalue weighted by Crippen LogP contribution is 2.46. The average molecular weight is 246 g/mol. The fourth-order valence-corrected chi connectivity index (χ4v) is 2.48. The number of rotatable bonds is 6. The van der Waals surface area contributed by atoms with Crippen LogP contribution in [0.1, 0.15) is 26.2 Å². The Morgan fingerprint density at radius 3 is 2.60 bits per heavy atom. The van der Waals surface area contributed by atoms with E-state index in [0.717, 1.165) is 6.54 Å². The number of nitrogens with one attached hydrogen (secondary N) is 1. The predicted octanol–water partition coefficient (Wildman–Crippen LogP) is 1.31. The Labute approximate surface area is 101 Å². The summed E-state index contributed by atoms with van der Waals surface area (Å²) in [6.07, 6.45) is 5.15. The molecule has 0 spiro atoms. The average Bonchev–Trinajstić information content (AvgIpc) is 2.96. The largest absolute Gasteiger partial charge is 0.393 e. The lowest BCUT2D eigenvalue weighted by Crippen LogP contribution is -2.40. The topological polar surface area (TPSA) is 55.1 Å². The predicted molar refractivity (Wildman–Crippen MR) is 69.1 cm³/mol. The molecule has 1 amide bonds. The molecule has 0 aliphatic heterocycles. The van der Waals surface area contributed by atoms with Crippen LogP contribution >= 0.6 is 24.0 Å². The van der Waals surface area contributed by atoms with E-state index in [0.29, 0.717) is 16.2 Å². The Morgan fingerprint density at radius 1 is 1.67 bits per heavy atom. The summed E-state index contributed by atoms with van der Waals surface area (Å²) >= 11 is 6.68. The Kier molecular flexibility index (Phi) is 4.40. The quantitative estimate of drug-likeness (QED) is 0.694. The van der Waals surface area contributed by atoms with Crippen molar-refractivity contribution in [3.05, 3.63) is 0 Å². The fourth-order valence-electron chi connectivity index (χ4n) is 1.48. The van der Waals surface area contributed by atoms with Gasteiger partial charge in [-0.15, -0.1) is 0 Å². The van der Waals surface area contributed by atoms with Crippen molar-refractivity contribution < 1.29 is 4.79 Å². The van der Waals surface area contributed by atoms with Crippen molar-refractivity contribution >= 4 is 34.9 Å². The molecule has 0 saturated heterocycles. The monoisotopic (exact) mass is 246 g/mol. The number of nitrogens with two attached hydrogens (primary N) is 1. The lowest BCUT2D eigenvalue weighted by atomic mass is 10.1. The molecule has 1 unspecified atom stereocenters. The van der Waals surface area contributed by atoms with Crippen LogP contribution in [0.4, 0.5) is 0 Å². The van der Waals surface area contributed by atoms with Crippen LogP contribution in [0.2, 0.25) is 0 Å². The van der Waals surface area contributed by atoms with Crippen LogP contribution in [0.25, 0.3) is 0 Å². The van der Waals surface area contributed by atoms with Gasteiger partial charge in [-0.3, -0.25) is 4.79 Å². The second-order valence-electron chi connectivity index (χ2n) is 3.97. The number of amides is 1. The third kappa shape index (κ3) is 3.34. The van der Waals surface area contributed by atoms with Crippen LogP contribution in [0.15, 0.2) is 0 Å². The molecule has 0 aromatic carbocycles. The van der Waals surface area contributed by atoms with Gasteiger partial charge < -0.3 is 11.1 Å². The van der Waals surface area contributed by atoms with Gasteiger partial charge in [-0.1, -0.05) is 19.1 Å². The zero-order valence-corrected chi connectivity index (χ0v) is 10.8. The van der Waals surface area contributed by atoms with E-state index in [1.165, 1.54) is 12.8 Å². The molecule has 1 fully saturated rings. The van der Waals surface area contributed by atoms with Crippen molar-refractivity contribution in [3.63, 3.8) is 0 Å². The summed E-state index contributed by atoms with van der Waals surface area (Å²) in [6.45, 7) is 2.66. The number of thioether (sulfide) groups is 1. The molecular weight excluding hydrogens is 228 g/mol. The van der Waals surface area contributed by atoms with Crippen molar-refractivity contribution in [1.29, 1.82) is 0 Å². The Balaban J connectivity index is 2.38. The second-order valence-corrected chi connectivity index (χ2v) is 5.71. The van der Waals surface area contributed by atoms with Crippen molar-refractivity contribution in [3.8, 4) is 0 Å². The van der Waals surface area contributed by atoms with Gasteiger partial charge in [0.1, 0.15) is 0 Å². The van der Waals surface area contributed by atoms with E-state index in [1.54, 1.807) is 0 Å². The molecule has 15 heavy (non-hydrogen) atoms. The number of carbonyl (C=O) groups excluding carboxylic acids is 1. The van der Waals surface area contributed by atoms with Gasteiger partial charge >= 0.3 is 0 Å². The van der Waals surface area contributed by atoms with E-state index < -0.39 is 0 Å². The molecular formula is C10H18N2OS2. The van der Waals surface area contributed by atoms with Gasteiger partial charge in [-0.05, 0) is 25.5 Å². The summed E-state index contributed by atoms with van der Waals surface area (Å²) in [4.78, 5) is 12.0. The summed E-state index contributed by atoms with van der Waals surface area (Å²) in [5, 5.41) is 2.94. The summed E-state index contributed by atoms with van der Waals surface area (Å²) in [6, 6.07) is 0. The lowest BCUT2D eigenvalue weighted by Gasteiger charge is -2.17. The highest BCUT2D eigenvalue weighted by Gasteiger charge is 2.42. The van der Waals surface area contributed by atoms with E-state index in [2.05, 4.69) is 11.6 Å². The van der Waals surface area contributed by atoms with Crippen LogP contribution in [0.3, 0.4) is 0 Å². The molecule has 1 aliphatic carbocycles. The molecule has 0 aromatic heterocycles. The first-order valence-electron chi connectivity index (χ1n) is 5.17. The second kappa shape index (κ2) is 5.16.